The highest BCUT2D eigenvalue weighted by molar-refractivity contribution is 5.98. The molecule has 0 saturated heterocycles. The molecule has 2 N–H and O–H groups in total. The summed E-state index contributed by atoms with van der Waals surface area (Å²) in [5.41, 5.74) is 0.924. The van der Waals surface area contributed by atoms with Gasteiger partial charge >= 0.3 is 5.97 Å². The number of aliphatic carboxylic acids is 1. The minimum atomic E-state index is -1.06. The van der Waals surface area contributed by atoms with Crippen LogP contribution in [0.2, 0.25) is 0 Å². The maximum absolute atomic E-state index is 11.9. The van der Waals surface area contributed by atoms with E-state index in [2.05, 4.69) is 10.3 Å². The van der Waals surface area contributed by atoms with Crippen LogP contribution in [-0.4, -0.2) is 28.5 Å². The van der Waals surface area contributed by atoms with Crippen LogP contribution in [0.4, 0.5) is 0 Å². The molecule has 18 heavy (non-hydrogen) atoms. The standard InChI is InChI=1S/C13H16N2O3/c1-2-3-7-15-13(18)11-6-8-14-9-10(11)4-5-12(16)17/h4-6,8-9H,2-3,7H2,1H3,(H,15,18)(H,16,17). The van der Waals surface area contributed by atoms with Gasteiger partial charge in [-0.25, -0.2) is 4.79 Å². The summed E-state index contributed by atoms with van der Waals surface area (Å²) in [5, 5.41) is 11.3. The summed E-state index contributed by atoms with van der Waals surface area (Å²) in [7, 11) is 0. The Morgan fingerprint density at radius 2 is 2.28 bits per heavy atom. The Kier molecular flexibility index (Phi) is 5.57. The van der Waals surface area contributed by atoms with Gasteiger partial charge in [0.15, 0.2) is 0 Å². The van der Waals surface area contributed by atoms with Crippen molar-refractivity contribution in [1.29, 1.82) is 0 Å². The molecule has 0 radical (unpaired) electrons. The van der Waals surface area contributed by atoms with E-state index in [1.165, 1.54) is 18.5 Å². The average molecular weight is 248 g/mol. The molecule has 1 aromatic rings. The Balaban J connectivity index is 2.81. The van der Waals surface area contributed by atoms with Crippen molar-refractivity contribution in [3.8, 4) is 0 Å². The Hall–Kier alpha value is -2.17. The van der Waals surface area contributed by atoms with Crippen molar-refractivity contribution in [1.82, 2.24) is 10.3 Å². The van der Waals surface area contributed by atoms with Gasteiger partial charge in [-0.3, -0.25) is 9.78 Å². The van der Waals surface area contributed by atoms with Crippen LogP contribution < -0.4 is 5.32 Å². The fraction of sp³-hybridized carbons (Fsp3) is 0.308. The summed E-state index contributed by atoms with van der Waals surface area (Å²) in [4.78, 5) is 26.2. The Morgan fingerprint density at radius 1 is 1.50 bits per heavy atom. The second-order valence-corrected chi connectivity index (χ2v) is 3.74. The molecular formula is C13H16N2O3. The van der Waals surface area contributed by atoms with Crippen LogP contribution in [0.1, 0.15) is 35.7 Å². The molecule has 0 aromatic carbocycles. The predicted octanol–water partition coefficient (Wildman–Crippen LogP) is 1.71. The Morgan fingerprint density at radius 3 is 2.94 bits per heavy atom. The maximum atomic E-state index is 11.9. The van der Waals surface area contributed by atoms with Gasteiger partial charge in [0.1, 0.15) is 0 Å². The van der Waals surface area contributed by atoms with Crippen LogP contribution in [0.3, 0.4) is 0 Å². The summed E-state index contributed by atoms with van der Waals surface area (Å²) in [6.07, 6.45) is 7.24. The minimum Gasteiger partial charge on any atom is -0.478 e. The Labute approximate surface area is 106 Å². The number of nitrogens with zero attached hydrogens (tertiary/aromatic N) is 1. The first-order chi connectivity index (χ1) is 8.65. The number of unbranched alkanes of at least 4 members (excludes halogenated alkanes) is 1. The third kappa shape index (κ3) is 4.37. The number of aromatic nitrogens is 1. The van der Waals surface area contributed by atoms with Crippen molar-refractivity contribution in [2.24, 2.45) is 0 Å². The lowest BCUT2D eigenvalue weighted by Gasteiger charge is -2.06. The molecule has 0 saturated carbocycles. The number of hydrogen-bond acceptors (Lipinski definition) is 3. The summed E-state index contributed by atoms with van der Waals surface area (Å²) in [5.74, 6) is -1.27. The van der Waals surface area contributed by atoms with Gasteiger partial charge in [0.2, 0.25) is 0 Å². The largest absolute Gasteiger partial charge is 0.478 e. The van der Waals surface area contributed by atoms with E-state index in [0.29, 0.717) is 17.7 Å². The maximum Gasteiger partial charge on any atom is 0.328 e. The Bertz CT molecular complexity index is 455. The second kappa shape index (κ2) is 7.21. The van der Waals surface area contributed by atoms with Crippen molar-refractivity contribution < 1.29 is 14.7 Å². The van der Waals surface area contributed by atoms with E-state index in [4.69, 9.17) is 5.11 Å². The van der Waals surface area contributed by atoms with Gasteiger partial charge in [0.05, 0.1) is 0 Å². The minimum absolute atomic E-state index is 0.212. The van der Waals surface area contributed by atoms with Gasteiger partial charge in [-0.1, -0.05) is 13.3 Å². The predicted molar refractivity (Wildman–Crippen MR) is 68.1 cm³/mol. The zero-order valence-corrected chi connectivity index (χ0v) is 10.2. The van der Waals surface area contributed by atoms with Crippen molar-refractivity contribution in [2.45, 2.75) is 19.8 Å². The fourth-order valence-electron chi connectivity index (χ4n) is 1.38. The number of carbonyl (C=O) groups is 2. The van der Waals surface area contributed by atoms with Gasteiger partial charge in [0, 0.05) is 36.1 Å². The van der Waals surface area contributed by atoms with Gasteiger partial charge in [0.25, 0.3) is 5.91 Å². The first kappa shape index (κ1) is 13.9. The number of amides is 1. The molecule has 1 aromatic heterocycles. The summed E-state index contributed by atoms with van der Waals surface area (Å²) >= 11 is 0. The van der Waals surface area contributed by atoms with Crippen molar-refractivity contribution in [3.63, 3.8) is 0 Å². The first-order valence-electron chi connectivity index (χ1n) is 5.78. The van der Waals surface area contributed by atoms with E-state index in [9.17, 15) is 9.59 Å². The van der Waals surface area contributed by atoms with E-state index in [1.807, 2.05) is 6.92 Å². The first-order valence-corrected chi connectivity index (χ1v) is 5.78. The molecule has 1 amide bonds. The number of pyridine rings is 1. The summed E-state index contributed by atoms with van der Waals surface area (Å²) in [6, 6.07) is 1.57. The van der Waals surface area contributed by atoms with Crippen LogP contribution >= 0.6 is 0 Å². The molecule has 5 heteroatoms. The van der Waals surface area contributed by atoms with Gasteiger partial charge in [-0.2, -0.15) is 0 Å². The van der Waals surface area contributed by atoms with Crippen molar-refractivity contribution in [3.05, 3.63) is 35.7 Å². The molecule has 0 fully saturated rings. The molecule has 96 valence electrons. The summed E-state index contributed by atoms with van der Waals surface area (Å²) in [6.45, 7) is 2.65. The lowest BCUT2D eigenvalue weighted by molar-refractivity contribution is -0.131. The molecule has 0 aliphatic carbocycles. The average Bonchev–Trinajstić information content (AvgIpc) is 2.37. The molecule has 0 aliphatic heterocycles. The molecule has 0 atom stereocenters. The highest BCUT2D eigenvalue weighted by Crippen LogP contribution is 2.09. The van der Waals surface area contributed by atoms with Gasteiger partial charge in [-0.05, 0) is 18.6 Å². The molecule has 1 heterocycles. The van der Waals surface area contributed by atoms with Crippen LogP contribution in [-0.2, 0) is 4.79 Å². The van der Waals surface area contributed by atoms with E-state index in [-0.39, 0.29) is 5.91 Å². The number of nitrogens with one attached hydrogen (secondary N) is 1. The lowest BCUT2D eigenvalue weighted by atomic mass is 10.1. The van der Waals surface area contributed by atoms with E-state index < -0.39 is 5.97 Å². The normalized spacial score (nSPS) is 10.5. The third-order valence-electron chi connectivity index (χ3n) is 2.32. The SMILES string of the molecule is CCCCNC(=O)c1ccncc1C=CC(=O)O. The smallest absolute Gasteiger partial charge is 0.328 e. The number of carboxylic acids is 1. The molecule has 0 unspecified atom stereocenters. The monoisotopic (exact) mass is 248 g/mol. The topological polar surface area (TPSA) is 79.3 Å². The second-order valence-electron chi connectivity index (χ2n) is 3.74. The third-order valence-corrected chi connectivity index (χ3v) is 2.32. The molecule has 0 spiro atoms. The fourth-order valence-corrected chi connectivity index (χ4v) is 1.38. The van der Waals surface area contributed by atoms with Crippen LogP contribution in [0.25, 0.3) is 6.08 Å². The highest BCUT2D eigenvalue weighted by Gasteiger charge is 2.08. The molecule has 0 bridgehead atoms. The summed E-state index contributed by atoms with van der Waals surface area (Å²) < 4.78 is 0. The highest BCUT2D eigenvalue weighted by atomic mass is 16.4. The molecule has 1 rings (SSSR count). The number of carbonyl (C=O) groups excluding carboxylic acids is 1. The van der Waals surface area contributed by atoms with Gasteiger partial charge < -0.3 is 10.4 Å². The number of carboxylic acid groups (broad SMARTS) is 1. The quantitative estimate of drug-likeness (QED) is 0.593. The molecule has 0 aliphatic rings. The van der Waals surface area contributed by atoms with E-state index >= 15 is 0 Å². The van der Waals surface area contributed by atoms with Crippen molar-refractivity contribution >= 4 is 18.0 Å². The van der Waals surface area contributed by atoms with Crippen LogP contribution in [0, 0.1) is 0 Å². The zero-order valence-electron chi connectivity index (χ0n) is 10.2. The van der Waals surface area contributed by atoms with Gasteiger partial charge in [-0.15, -0.1) is 0 Å². The van der Waals surface area contributed by atoms with Crippen LogP contribution in [0.15, 0.2) is 24.5 Å². The zero-order chi connectivity index (χ0) is 13.4. The van der Waals surface area contributed by atoms with Crippen LogP contribution in [0.5, 0.6) is 0 Å². The molecular weight excluding hydrogens is 232 g/mol. The number of hydrogen-bond donors (Lipinski definition) is 2. The van der Waals surface area contributed by atoms with E-state index in [0.717, 1.165) is 18.9 Å². The van der Waals surface area contributed by atoms with Crippen molar-refractivity contribution in [2.75, 3.05) is 6.54 Å². The lowest BCUT2D eigenvalue weighted by Crippen LogP contribution is -2.25. The molecule has 5 nitrogen and oxygen atoms in total. The number of rotatable bonds is 6. The van der Waals surface area contributed by atoms with E-state index in [1.54, 1.807) is 6.07 Å².